The Kier molecular flexibility index (Phi) is 3.85. The van der Waals surface area contributed by atoms with Gasteiger partial charge in [-0.1, -0.05) is 18.2 Å². The van der Waals surface area contributed by atoms with Crippen molar-refractivity contribution < 1.29 is 8.42 Å². The first-order valence-corrected chi connectivity index (χ1v) is 7.94. The summed E-state index contributed by atoms with van der Waals surface area (Å²) in [6.45, 7) is 4.03. The van der Waals surface area contributed by atoms with E-state index in [2.05, 4.69) is 4.72 Å². The zero-order valence-electron chi connectivity index (χ0n) is 10.3. The number of sulfonamides is 1. The Morgan fingerprint density at radius 3 is 2.67 bits per heavy atom. The van der Waals surface area contributed by atoms with Crippen LogP contribution >= 0.6 is 11.3 Å². The number of benzene rings is 1. The maximum atomic E-state index is 12.2. The van der Waals surface area contributed by atoms with E-state index < -0.39 is 10.0 Å². The van der Waals surface area contributed by atoms with Crippen LogP contribution in [0.5, 0.6) is 0 Å². The molecule has 0 saturated carbocycles. The van der Waals surface area contributed by atoms with Crippen molar-refractivity contribution in [2.75, 3.05) is 0 Å². The monoisotopic (exact) mass is 281 g/mol. The van der Waals surface area contributed by atoms with E-state index in [0.717, 1.165) is 16.0 Å². The maximum Gasteiger partial charge on any atom is 0.241 e. The molecule has 2 rings (SSSR count). The molecule has 0 aliphatic carbocycles. The summed E-state index contributed by atoms with van der Waals surface area (Å²) >= 11 is 1.54. The van der Waals surface area contributed by atoms with Crippen LogP contribution < -0.4 is 4.72 Å². The topological polar surface area (TPSA) is 46.2 Å². The Hall–Kier alpha value is -1.17. The normalized spacial score (nSPS) is 11.7. The van der Waals surface area contributed by atoms with Crippen LogP contribution in [0.3, 0.4) is 0 Å². The van der Waals surface area contributed by atoms with Crippen LogP contribution in [-0.4, -0.2) is 8.42 Å². The Labute approximate surface area is 112 Å². The number of hydrogen-bond acceptors (Lipinski definition) is 3. The lowest BCUT2D eigenvalue weighted by Crippen LogP contribution is -2.23. The molecular formula is C13H15NO2S2. The number of nitrogens with one attached hydrogen (secondary N) is 1. The Morgan fingerprint density at radius 1 is 1.22 bits per heavy atom. The first kappa shape index (κ1) is 13.3. The SMILES string of the molecule is Cc1ccc(C)c(S(=O)(=O)NCc2cccs2)c1. The molecule has 0 aliphatic rings. The molecule has 96 valence electrons. The van der Waals surface area contributed by atoms with Gasteiger partial charge in [-0.15, -0.1) is 11.3 Å². The lowest BCUT2D eigenvalue weighted by atomic mass is 10.2. The third-order valence-electron chi connectivity index (χ3n) is 2.65. The van der Waals surface area contributed by atoms with E-state index in [9.17, 15) is 8.42 Å². The van der Waals surface area contributed by atoms with Gasteiger partial charge in [-0.05, 0) is 42.5 Å². The van der Waals surface area contributed by atoms with Gasteiger partial charge in [-0.25, -0.2) is 13.1 Å². The molecule has 0 saturated heterocycles. The molecular weight excluding hydrogens is 266 g/mol. The zero-order valence-corrected chi connectivity index (χ0v) is 11.9. The second-order valence-electron chi connectivity index (χ2n) is 4.17. The van der Waals surface area contributed by atoms with Crippen LogP contribution in [0.1, 0.15) is 16.0 Å². The molecule has 0 spiro atoms. The van der Waals surface area contributed by atoms with Crippen molar-refractivity contribution in [2.24, 2.45) is 0 Å². The van der Waals surface area contributed by atoms with E-state index in [1.807, 2.05) is 36.6 Å². The third-order valence-corrected chi connectivity index (χ3v) is 5.07. The van der Waals surface area contributed by atoms with Crippen LogP contribution in [0.15, 0.2) is 40.6 Å². The lowest BCUT2D eigenvalue weighted by Gasteiger charge is -2.09. The molecule has 0 fully saturated rings. The summed E-state index contributed by atoms with van der Waals surface area (Å²) in [6, 6.07) is 9.26. The van der Waals surface area contributed by atoms with Gasteiger partial charge in [0.2, 0.25) is 10.0 Å². The molecule has 0 unspecified atom stereocenters. The van der Waals surface area contributed by atoms with Crippen molar-refractivity contribution in [3.05, 3.63) is 51.7 Å². The fourth-order valence-electron chi connectivity index (χ4n) is 1.65. The molecule has 1 aromatic heterocycles. The molecule has 0 radical (unpaired) electrons. The summed E-state index contributed by atoms with van der Waals surface area (Å²) < 4.78 is 27.0. The second-order valence-corrected chi connectivity index (χ2v) is 6.94. The predicted molar refractivity (Wildman–Crippen MR) is 74.3 cm³/mol. The van der Waals surface area contributed by atoms with Gasteiger partial charge >= 0.3 is 0 Å². The summed E-state index contributed by atoms with van der Waals surface area (Å²) in [6.07, 6.45) is 0. The summed E-state index contributed by atoms with van der Waals surface area (Å²) in [5, 5.41) is 1.93. The quantitative estimate of drug-likeness (QED) is 0.936. The van der Waals surface area contributed by atoms with Gasteiger partial charge in [0.1, 0.15) is 0 Å². The van der Waals surface area contributed by atoms with Gasteiger partial charge in [0.15, 0.2) is 0 Å². The van der Waals surface area contributed by atoms with Gasteiger partial charge < -0.3 is 0 Å². The number of thiophene rings is 1. The fraction of sp³-hybridized carbons (Fsp3) is 0.231. The predicted octanol–water partition coefficient (Wildman–Crippen LogP) is 2.84. The minimum Gasteiger partial charge on any atom is -0.207 e. The molecule has 5 heteroatoms. The zero-order chi connectivity index (χ0) is 13.2. The largest absolute Gasteiger partial charge is 0.241 e. The summed E-state index contributed by atoms with van der Waals surface area (Å²) in [4.78, 5) is 1.36. The number of hydrogen-bond donors (Lipinski definition) is 1. The Balaban J connectivity index is 2.22. The van der Waals surface area contributed by atoms with E-state index in [1.54, 1.807) is 13.0 Å². The standard InChI is InChI=1S/C13H15NO2S2/c1-10-5-6-11(2)13(8-10)18(15,16)14-9-12-4-3-7-17-12/h3-8,14H,9H2,1-2H3. The minimum atomic E-state index is -3.43. The van der Waals surface area contributed by atoms with Gasteiger partial charge in [0.25, 0.3) is 0 Å². The van der Waals surface area contributed by atoms with Crippen molar-refractivity contribution in [1.29, 1.82) is 0 Å². The van der Waals surface area contributed by atoms with E-state index in [-0.39, 0.29) is 0 Å². The molecule has 0 bridgehead atoms. The van der Waals surface area contributed by atoms with Crippen molar-refractivity contribution in [2.45, 2.75) is 25.3 Å². The van der Waals surface area contributed by atoms with Crippen molar-refractivity contribution in [1.82, 2.24) is 4.72 Å². The Bertz CT molecular complexity index is 631. The molecule has 0 amide bonds. The fourth-order valence-corrected chi connectivity index (χ4v) is 3.72. The van der Waals surface area contributed by atoms with E-state index in [4.69, 9.17) is 0 Å². The molecule has 0 aliphatic heterocycles. The van der Waals surface area contributed by atoms with Gasteiger partial charge in [-0.3, -0.25) is 0 Å². The highest BCUT2D eigenvalue weighted by Crippen LogP contribution is 2.17. The van der Waals surface area contributed by atoms with Gasteiger partial charge in [0, 0.05) is 11.4 Å². The van der Waals surface area contributed by atoms with Crippen LogP contribution in [-0.2, 0) is 16.6 Å². The van der Waals surface area contributed by atoms with Crippen molar-refractivity contribution in [3.63, 3.8) is 0 Å². The van der Waals surface area contributed by atoms with Gasteiger partial charge in [0.05, 0.1) is 4.90 Å². The highest BCUT2D eigenvalue weighted by atomic mass is 32.2. The van der Waals surface area contributed by atoms with Crippen molar-refractivity contribution in [3.8, 4) is 0 Å². The molecule has 0 atom stereocenters. The average molecular weight is 281 g/mol. The smallest absolute Gasteiger partial charge is 0.207 e. The lowest BCUT2D eigenvalue weighted by molar-refractivity contribution is 0.581. The van der Waals surface area contributed by atoms with Crippen molar-refractivity contribution >= 4 is 21.4 Å². The summed E-state index contributed by atoms with van der Waals surface area (Å²) in [7, 11) is -3.43. The second kappa shape index (κ2) is 5.22. The molecule has 18 heavy (non-hydrogen) atoms. The van der Waals surface area contributed by atoms with Gasteiger partial charge in [-0.2, -0.15) is 0 Å². The highest BCUT2D eigenvalue weighted by molar-refractivity contribution is 7.89. The molecule has 1 heterocycles. The molecule has 2 aromatic rings. The van der Waals surface area contributed by atoms with E-state index in [0.29, 0.717) is 11.4 Å². The first-order valence-electron chi connectivity index (χ1n) is 5.58. The van der Waals surface area contributed by atoms with Crippen LogP contribution in [0.25, 0.3) is 0 Å². The molecule has 1 N–H and O–H groups in total. The maximum absolute atomic E-state index is 12.2. The minimum absolute atomic E-state index is 0.341. The summed E-state index contributed by atoms with van der Waals surface area (Å²) in [5.41, 5.74) is 1.70. The van der Waals surface area contributed by atoms with E-state index >= 15 is 0 Å². The molecule has 1 aromatic carbocycles. The average Bonchev–Trinajstić information content (AvgIpc) is 2.83. The van der Waals surface area contributed by atoms with E-state index in [1.165, 1.54) is 11.3 Å². The van der Waals surface area contributed by atoms with Crippen LogP contribution in [0, 0.1) is 13.8 Å². The summed E-state index contributed by atoms with van der Waals surface area (Å²) in [5.74, 6) is 0. The highest BCUT2D eigenvalue weighted by Gasteiger charge is 2.16. The Morgan fingerprint density at radius 2 is 2.00 bits per heavy atom. The molecule has 3 nitrogen and oxygen atoms in total. The first-order chi connectivity index (χ1) is 8.49. The van der Waals surface area contributed by atoms with Crippen LogP contribution in [0.2, 0.25) is 0 Å². The number of aryl methyl sites for hydroxylation is 2. The number of rotatable bonds is 4. The van der Waals surface area contributed by atoms with Crippen LogP contribution in [0.4, 0.5) is 0 Å². The third kappa shape index (κ3) is 2.98.